The number of nitrogens with zero attached hydrogens (tertiary/aromatic N) is 3. The van der Waals surface area contributed by atoms with Crippen molar-refractivity contribution in [3.8, 4) is 0 Å². The highest BCUT2D eigenvalue weighted by Gasteiger charge is 2.26. The summed E-state index contributed by atoms with van der Waals surface area (Å²) < 4.78 is 1.99. The topological polar surface area (TPSA) is 50.2 Å². The third kappa shape index (κ3) is 5.14. The molecular formula is C21H30N4OS. The van der Waals surface area contributed by atoms with E-state index >= 15 is 0 Å². The zero-order chi connectivity index (χ0) is 19.4. The summed E-state index contributed by atoms with van der Waals surface area (Å²) in [6.07, 6.45) is 5.97. The van der Waals surface area contributed by atoms with Crippen molar-refractivity contribution in [2.45, 2.75) is 51.1 Å². The highest BCUT2D eigenvalue weighted by atomic mass is 32.2. The number of hydrogen-bond donors (Lipinski definition) is 1. The first kappa shape index (κ1) is 20.0. The first-order valence-corrected chi connectivity index (χ1v) is 10.8. The predicted molar refractivity (Wildman–Crippen MR) is 112 cm³/mol. The monoisotopic (exact) mass is 386 g/mol. The van der Waals surface area contributed by atoms with Crippen molar-refractivity contribution >= 4 is 23.5 Å². The molecule has 0 spiro atoms. The van der Waals surface area contributed by atoms with Gasteiger partial charge in [-0.3, -0.25) is 9.69 Å². The quantitative estimate of drug-likeness (QED) is 0.773. The first-order chi connectivity index (χ1) is 12.9. The fraction of sp³-hybridized carbons (Fsp3) is 0.524. The Kier molecular flexibility index (Phi) is 6.27. The molecule has 2 aromatic rings. The van der Waals surface area contributed by atoms with Gasteiger partial charge in [-0.05, 0) is 36.8 Å². The van der Waals surface area contributed by atoms with E-state index in [1.165, 1.54) is 10.5 Å². The number of carbonyl (C=O) groups is 1. The number of piperidine rings is 1. The lowest BCUT2D eigenvalue weighted by molar-refractivity contribution is -0.123. The van der Waals surface area contributed by atoms with Crippen molar-refractivity contribution in [2.75, 3.05) is 24.7 Å². The van der Waals surface area contributed by atoms with Gasteiger partial charge in [-0.25, -0.2) is 4.68 Å². The molecule has 6 heteroatoms. The van der Waals surface area contributed by atoms with E-state index in [0.717, 1.165) is 38.3 Å². The number of anilines is 1. The SMILES string of the molecule is CSc1ccc(CN2CCC(n3nccc3NC(=O)C(C)(C)C)CC2)cc1. The zero-order valence-corrected chi connectivity index (χ0v) is 17.6. The third-order valence-electron chi connectivity index (χ3n) is 5.06. The molecule has 146 valence electrons. The Morgan fingerprint density at radius 3 is 2.44 bits per heavy atom. The molecule has 3 rings (SSSR count). The molecule has 0 radical (unpaired) electrons. The van der Waals surface area contributed by atoms with Gasteiger partial charge in [-0.1, -0.05) is 32.9 Å². The van der Waals surface area contributed by atoms with E-state index in [2.05, 4.69) is 45.8 Å². The number of thioether (sulfide) groups is 1. The molecule has 0 unspecified atom stereocenters. The van der Waals surface area contributed by atoms with E-state index < -0.39 is 5.41 Å². The highest BCUT2D eigenvalue weighted by molar-refractivity contribution is 7.98. The minimum absolute atomic E-state index is 0.0235. The van der Waals surface area contributed by atoms with Crippen LogP contribution in [0.15, 0.2) is 41.4 Å². The number of hydrogen-bond acceptors (Lipinski definition) is 4. The molecule has 1 aromatic carbocycles. The van der Waals surface area contributed by atoms with E-state index in [9.17, 15) is 4.79 Å². The smallest absolute Gasteiger partial charge is 0.230 e. The van der Waals surface area contributed by atoms with E-state index in [1.54, 1.807) is 18.0 Å². The Labute approximate surface area is 166 Å². The Balaban J connectivity index is 1.56. The van der Waals surface area contributed by atoms with Crippen LogP contribution < -0.4 is 5.32 Å². The van der Waals surface area contributed by atoms with Gasteiger partial charge in [0.2, 0.25) is 5.91 Å². The van der Waals surface area contributed by atoms with Crippen molar-refractivity contribution in [3.05, 3.63) is 42.1 Å². The van der Waals surface area contributed by atoms with Gasteiger partial charge >= 0.3 is 0 Å². The predicted octanol–water partition coefficient (Wildman–Crippen LogP) is 4.43. The number of nitrogens with one attached hydrogen (secondary N) is 1. The van der Waals surface area contributed by atoms with Gasteiger partial charge in [-0.15, -0.1) is 11.8 Å². The standard InChI is InChI=1S/C21H30N4OS/c1-21(2,3)20(26)23-19-9-12-22-25(19)17-10-13-24(14-11-17)15-16-5-7-18(27-4)8-6-16/h5-9,12,17H,10-11,13-15H2,1-4H3,(H,23,26). The number of aromatic nitrogens is 2. The molecule has 1 fully saturated rings. The second kappa shape index (κ2) is 8.48. The lowest BCUT2D eigenvalue weighted by atomic mass is 9.96. The highest BCUT2D eigenvalue weighted by Crippen LogP contribution is 2.27. The molecule has 0 atom stereocenters. The van der Waals surface area contributed by atoms with Crippen LogP contribution in [0.3, 0.4) is 0 Å². The van der Waals surface area contributed by atoms with Gasteiger partial charge < -0.3 is 5.32 Å². The Hall–Kier alpha value is -1.79. The fourth-order valence-electron chi connectivity index (χ4n) is 3.32. The van der Waals surface area contributed by atoms with Crippen LogP contribution in [0.4, 0.5) is 5.82 Å². The van der Waals surface area contributed by atoms with Gasteiger partial charge in [0.1, 0.15) is 5.82 Å². The summed E-state index contributed by atoms with van der Waals surface area (Å²) >= 11 is 1.78. The maximum Gasteiger partial charge on any atom is 0.230 e. The molecule has 2 heterocycles. The molecule has 27 heavy (non-hydrogen) atoms. The van der Waals surface area contributed by atoms with Crippen LogP contribution in [0.2, 0.25) is 0 Å². The molecule has 1 aliphatic rings. The molecule has 1 aliphatic heterocycles. The Morgan fingerprint density at radius 2 is 1.85 bits per heavy atom. The summed E-state index contributed by atoms with van der Waals surface area (Å²) in [4.78, 5) is 16.1. The van der Waals surface area contributed by atoms with Crippen LogP contribution in [0.5, 0.6) is 0 Å². The summed E-state index contributed by atoms with van der Waals surface area (Å²) in [5, 5.41) is 7.52. The van der Waals surface area contributed by atoms with E-state index in [0.29, 0.717) is 6.04 Å². The molecule has 0 bridgehead atoms. The van der Waals surface area contributed by atoms with Gasteiger partial charge in [0.15, 0.2) is 0 Å². The van der Waals surface area contributed by atoms with Crippen LogP contribution in [0.1, 0.15) is 45.2 Å². The van der Waals surface area contributed by atoms with Crippen LogP contribution in [-0.4, -0.2) is 39.9 Å². The Morgan fingerprint density at radius 1 is 1.19 bits per heavy atom. The molecule has 5 nitrogen and oxygen atoms in total. The number of carbonyl (C=O) groups excluding carboxylic acids is 1. The lowest BCUT2D eigenvalue weighted by Gasteiger charge is -2.33. The molecular weight excluding hydrogens is 356 g/mol. The maximum absolute atomic E-state index is 12.3. The molecule has 0 aliphatic carbocycles. The van der Waals surface area contributed by atoms with Gasteiger partial charge in [0.05, 0.1) is 12.2 Å². The maximum atomic E-state index is 12.3. The van der Waals surface area contributed by atoms with Gasteiger partial charge in [-0.2, -0.15) is 5.10 Å². The van der Waals surface area contributed by atoms with Crippen molar-refractivity contribution in [3.63, 3.8) is 0 Å². The van der Waals surface area contributed by atoms with Crippen molar-refractivity contribution in [1.82, 2.24) is 14.7 Å². The summed E-state index contributed by atoms with van der Waals surface area (Å²) in [7, 11) is 0. The summed E-state index contributed by atoms with van der Waals surface area (Å²) in [6.45, 7) is 8.85. The number of likely N-dealkylation sites (tertiary alicyclic amines) is 1. The van der Waals surface area contributed by atoms with Crippen LogP contribution >= 0.6 is 11.8 Å². The fourth-order valence-corrected chi connectivity index (χ4v) is 3.73. The van der Waals surface area contributed by atoms with Crippen molar-refractivity contribution in [1.29, 1.82) is 0 Å². The number of benzene rings is 1. The second-order valence-corrected chi connectivity index (χ2v) is 9.10. The van der Waals surface area contributed by atoms with Crippen molar-refractivity contribution in [2.24, 2.45) is 5.41 Å². The largest absolute Gasteiger partial charge is 0.310 e. The lowest BCUT2D eigenvalue weighted by Crippen LogP contribution is -2.35. The minimum Gasteiger partial charge on any atom is -0.310 e. The first-order valence-electron chi connectivity index (χ1n) is 9.57. The van der Waals surface area contributed by atoms with E-state index in [1.807, 2.05) is 31.5 Å². The van der Waals surface area contributed by atoms with Crippen molar-refractivity contribution < 1.29 is 4.79 Å². The van der Waals surface area contributed by atoms with Gasteiger partial charge in [0, 0.05) is 36.0 Å². The van der Waals surface area contributed by atoms with E-state index in [-0.39, 0.29) is 5.91 Å². The summed E-state index contributed by atoms with van der Waals surface area (Å²) in [5.74, 6) is 0.830. The molecule has 1 aromatic heterocycles. The molecule has 1 amide bonds. The van der Waals surface area contributed by atoms with Crippen LogP contribution in [0, 0.1) is 5.41 Å². The second-order valence-electron chi connectivity index (χ2n) is 8.22. The van der Waals surface area contributed by atoms with Crippen LogP contribution in [0.25, 0.3) is 0 Å². The molecule has 1 N–H and O–H groups in total. The Bertz CT molecular complexity index is 755. The number of rotatable bonds is 5. The summed E-state index contributed by atoms with van der Waals surface area (Å²) in [5.41, 5.74) is 0.952. The number of amides is 1. The average Bonchev–Trinajstić information content (AvgIpc) is 3.10. The molecule has 1 saturated heterocycles. The van der Waals surface area contributed by atoms with Crippen LogP contribution in [-0.2, 0) is 11.3 Å². The molecule has 0 saturated carbocycles. The average molecular weight is 387 g/mol. The zero-order valence-electron chi connectivity index (χ0n) is 16.7. The third-order valence-corrected chi connectivity index (χ3v) is 5.80. The summed E-state index contributed by atoms with van der Waals surface area (Å²) in [6, 6.07) is 11.1. The van der Waals surface area contributed by atoms with E-state index in [4.69, 9.17) is 0 Å². The normalized spacial score (nSPS) is 16.4. The minimum atomic E-state index is -0.412. The van der Waals surface area contributed by atoms with Gasteiger partial charge in [0.25, 0.3) is 0 Å².